The maximum absolute atomic E-state index is 11.0. The Balaban J connectivity index is 2.21. The topological polar surface area (TPSA) is 32.7 Å². The van der Waals surface area contributed by atoms with Crippen LogP contribution in [0, 0.1) is 0 Å². The minimum Gasteiger partial charge on any atom is -0.331 e. The Morgan fingerprint density at radius 3 is 2.57 bits per heavy atom. The fraction of sp³-hybridized carbons (Fsp3) is 0.273. The van der Waals surface area contributed by atoms with E-state index in [0.717, 1.165) is 24.3 Å². The minimum atomic E-state index is 0.103. The van der Waals surface area contributed by atoms with E-state index in [2.05, 4.69) is 9.89 Å². The third kappa shape index (κ3) is 1.66. The zero-order valence-electron chi connectivity index (χ0n) is 8.10. The molecule has 3 nitrogen and oxygen atoms in total. The third-order valence-corrected chi connectivity index (χ3v) is 2.30. The van der Waals surface area contributed by atoms with E-state index in [1.807, 2.05) is 30.6 Å². The maximum atomic E-state index is 11.0. The standard InChI is InChI=1S/C11H12N2O/c1-9(14)10-2-4-11(5-3-10)13-7-6-12-8-13/h2-5,8H,6-7H2,1H3. The van der Waals surface area contributed by atoms with Crippen LogP contribution in [-0.4, -0.2) is 25.2 Å². The summed E-state index contributed by atoms with van der Waals surface area (Å²) in [5.74, 6) is 0.103. The second kappa shape index (κ2) is 3.62. The molecule has 0 saturated carbocycles. The number of nitrogens with zero attached hydrogens (tertiary/aromatic N) is 2. The average molecular weight is 188 g/mol. The van der Waals surface area contributed by atoms with Crippen LogP contribution >= 0.6 is 0 Å². The van der Waals surface area contributed by atoms with E-state index in [-0.39, 0.29) is 5.78 Å². The molecular formula is C11H12N2O. The largest absolute Gasteiger partial charge is 0.331 e. The zero-order valence-corrected chi connectivity index (χ0v) is 8.10. The molecule has 1 aliphatic heterocycles. The molecule has 14 heavy (non-hydrogen) atoms. The minimum absolute atomic E-state index is 0.103. The van der Waals surface area contributed by atoms with Crippen molar-refractivity contribution in [1.29, 1.82) is 0 Å². The molecule has 1 aliphatic rings. The lowest BCUT2D eigenvalue weighted by Crippen LogP contribution is -2.17. The molecule has 0 fully saturated rings. The van der Waals surface area contributed by atoms with E-state index in [9.17, 15) is 4.79 Å². The predicted molar refractivity (Wildman–Crippen MR) is 57.2 cm³/mol. The van der Waals surface area contributed by atoms with Crippen LogP contribution in [0.15, 0.2) is 29.3 Å². The summed E-state index contributed by atoms with van der Waals surface area (Å²) in [6, 6.07) is 7.61. The number of anilines is 1. The van der Waals surface area contributed by atoms with Gasteiger partial charge in [-0.3, -0.25) is 9.79 Å². The van der Waals surface area contributed by atoms with Gasteiger partial charge in [-0.15, -0.1) is 0 Å². The molecular weight excluding hydrogens is 176 g/mol. The highest BCUT2D eigenvalue weighted by Gasteiger charge is 2.07. The number of hydrogen-bond donors (Lipinski definition) is 0. The highest BCUT2D eigenvalue weighted by Crippen LogP contribution is 2.15. The van der Waals surface area contributed by atoms with Crippen LogP contribution in [0.2, 0.25) is 0 Å². The Labute approximate surface area is 83.1 Å². The zero-order chi connectivity index (χ0) is 9.97. The first-order chi connectivity index (χ1) is 6.77. The number of rotatable bonds is 2. The van der Waals surface area contributed by atoms with Crippen molar-refractivity contribution in [3.63, 3.8) is 0 Å². The number of ketones is 1. The van der Waals surface area contributed by atoms with Crippen molar-refractivity contribution < 1.29 is 4.79 Å². The van der Waals surface area contributed by atoms with Crippen LogP contribution in [0.4, 0.5) is 5.69 Å². The Morgan fingerprint density at radius 1 is 1.36 bits per heavy atom. The number of aliphatic imine (C=N–C) groups is 1. The Hall–Kier alpha value is -1.64. The van der Waals surface area contributed by atoms with Gasteiger partial charge in [-0.2, -0.15) is 0 Å². The SMILES string of the molecule is CC(=O)c1ccc(N2C=NCC2)cc1. The summed E-state index contributed by atoms with van der Waals surface area (Å²) in [6.45, 7) is 3.36. The summed E-state index contributed by atoms with van der Waals surface area (Å²) in [5.41, 5.74) is 1.85. The Morgan fingerprint density at radius 2 is 2.07 bits per heavy atom. The van der Waals surface area contributed by atoms with E-state index in [4.69, 9.17) is 0 Å². The lowest BCUT2D eigenvalue weighted by Gasteiger charge is -2.13. The van der Waals surface area contributed by atoms with Gasteiger partial charge in [0.2, 0.25) is 0 Å². The molecule has 2 rings (SSSR count). The van der Waals surface area contributed by atoms with Gasteiger partial charge in [0.1, 0.15) is 0 Å². The molecule has 0 aliphatic carbocycles. The smallest absolute Gasteiger partial charge is 0.159 e. The molecule has 0 bridgehead atoms. The van der Waals surface area contributed by atoms with Crippen molar-refractivity contribution >= 4 is 17.8 Å². The Kier molecular flexibility index (Phi) is 2.31. The van der Waals surface area contributed by atoms with Gasteiger partial charge in [-0.1, -0.05) is 0 Å². The van der Waals surface area contributed by atoms with Gasteiger partial charge < -0.3 is 4.90 Å². The van der Waals surface area contributed by atoms with E-state index >= 15 is 0 Å². The molecule has 0 aromatic heterocycles. The van der Waals surface area contributed by atoms with E-state index in [1.165, 1.54) is 0 Å². The van der Waals surface area contributed by atoms with Crippen LogP contribution in [-0.2, 0) is 0 Å². The van der Waals surface area contributed by atoms with E-state index in [0.29, 0.717) is 0 Å². The van der Waals surface area contributed by atoms with Crippen molar-refractivity contribution in [2.45, 2.75) is 6.92 Å². The third-order valence-electron chi connectivity index (χ3n) is 2.30. The summed E-state index contributed by atoms with van der Waals surface area (Å²) in [4.78, 5) is 17.2. The van der Waals surface area contributed by atoms with Crippen molar-refractivity contribution in [3.05, 3.63) is 29.8 Å². The lowest BCUT2D eigenvalue weighted by molar-refractivity contribution is 0.101. The van der Waals surface area contributed by atoms with E-state index < -0.39 is 0 Å². The summed E-state index contributed by atoms with van der Waals surface area (Å²) in [7, 11) is 0. The van der Waals surface area contributed by atoms with Crippen molar-refractivity contribution in [1.82, 2.24) is 0 Å². The number of hydrogen-bond acceptors (Lipinski definition) is 3. The average Bonchev–Trinajstić information content (AvgIpc) is 2.71. The molecule has 3 heteroatoms. The molecule has 1 heterocycles. The molecule has 0 spiro atoms. The molecule has 1 aromatic rings. The van der Waals surface area contributed by atoms with Crippen LogP contribution < -0.4 is 4.90 Å². The lowest BCUT2D eigenvalue weighted by atomic mass is 10.1. The quantitative estimate of drug-likeness (QED) is 0.662. The van der Waals surface area contributed by atoms with Crippen molar-refractivity contribution in [2.75, 3.05) is 18.0 Å². The molecule has 0 saturated heterocycles. The molecule has 72 valence electrons. The van der Waals surface area contributed by atoms with Gasteiger partial charge in [0, 0.05) is 17.8 Å². The van der Waals surface area contributed by atoms with Gasteiger partial charge in [-0.05, 0) is 31.2 Å². The van der Waals surface area contributed by atoms with Crippen LogP contribution in [0.25, 0.3) is 0 Å². The summed E-state index contributed by atoms with van der Waals surface area (Å²) < 4.78 is 0. The number of benzene rings is 1. The number of Topliss-reactive ketones (excluding diaryl/α,β-unsaturated/α-hetero) is 1. The molecule has 0 atom stereocenters. The van der Waals surface area contributed by atoms with Crippen LogP contribution in [0.3, 0.4) is 0 Å². The van der Waals surface area contributed by atoms with Gasteiger partial charge in [-0.25, -0.2) is 0 Å². The fourth-order valence-electron chi connectivity index (χ4n) is 1.46. The van der Waals surface area contributed by atoms with Gasteiger partial charge in [0.05, 0.1) is 12.9 Å². The number of carbonyl (C=O) groups excluding carboxylic acids is 1. The number of carbonyl (C=O) groups is 1. The van der Waals surface area contributed by atoms with Crippen molar-refractivity contribution in [2.24, 2.45) is 4.99 Å². The van der Waals surface area contributed by atoms with Gasteiger partial charge in [0.25, 0.3) is 0 Å². The van der Waals surface area contributed by atoms with E-state index in [1.54, 1.807) is 6.92 Å². The molecule has 0 radical (unpaired) electrons. The van der Waals surface area contributed by atoms with Gasteiger partial charge >= 0.3 is 0 Å². The second-order valence-corrected chi connectivity index (χ2v) is 3.32. The maximum Gasteiger partial charge on any atom is 0.159 e. The second-order valence-electron chi connectivity index (χ2n) is 3.32. The van der Waals surface area contributed by atoms with Crippen molar-refractivity contribution in [3.8, 4) is 0 Å². The monoisotopic (exact) mass is 188 g/mol. The normalized spacial score (nSPS) is 14.8. The summed E-state index contributed by atoms with van der Waals surface area (Å²) in [5, 5.41) is 0. The molecule has 1 aromatic carbocycles. The molecule has 0 amide bonds. The molecule has 0 N–H and O–H groups in total. The highest BCUT2D eigenvalue weighted by molar-refractivity contribution is 5.94. The Bertz CT molecular complexity index is 367. The first-order valence-corrected chi connectivity index (χ1v) is 4.65. The first kappa shape index (κ1) is 8.94. The molecule has 0 unspecified atom stereocenters. The summed E-state index contributed by atoms with van der Waals surface area (Å²) in [6.07, 6.45) is 1.84. The summed E-state index contributed by atoms with van der Waals surface area (Å²) >= 11 is 0. The highest BCUT2D eigenvalue weighted by atomic mass is 16.1. The predicted octanol–water partition coefficient (Wildman–Crippen LogP) is 1.74. The van der Waals surface area contributed by atoms with Gasteiger partial charge in [0.15, 0.2) is 5.78 Å². The first-order valence-electron chi connectivity index (χ1n) is 4.65. The fourth-order valence-corrected chi connectivity index (χ4v) is 1.46. The van der Waals surface area contributed by atoms with Crippen LogP contribution in [0.5, 0.6) is 0 Å². The van der Waals surface area contributed by atoms with Crippen LogP contribution in [0.1, 0.15) is 17.3 Å².